The fourth-order valence-corrected chi connectivity index (χ4v) is 4.23. The van der Waals surface area contributed by atoms with Gasteiger partial charge in [-0.05, 0) is 30.9 Å². The number of hydrogen-bond acceptors (Lipinski definition) is 6. The second-order valence-corrected chi connectivity index (χ2v) is 8.41. The normalized spacial score (nSPS) is 17.0. The van der Waals surface area contributed by atoms with Gasteiger partial charge in [-0.25, -0.2) is 8.42 Å². The summed E-state index contributed by atoms with van der Waals surface area (Å²) in [6.45, 7) is 0.0212. The molecule has 1 aliphatic rings. The Bertz CT molecular complexity index is 989. The number of aromatic nitrogens is 1. The number of alkyl halides is 3. The monoisotopic (exact) mass is 418 g/mol. The van der Waals surface area contributed by atoms with Crippen molar-refractivity contribution < 1.29 is 26.5 Å². The van der Waals surface area contributed by atoms with Gasteiger partial charge >= 0.3 is 15.5 Å². The maximum absolute atomic E-state index is 12.6. The maximum atomic E-state index is 12.6. The highest BCUT2D eigenvalue weighted by atomic mass is 32.2. The molecule has 1 aliphatic heterocycles. The summed E-state index contributed by atoms with van der Waals surface area (Å²) in [6.07, 6.45) is 3.49. The number of non-ortho nitro benzene ring substituents is 1. The molecule has 0 atom stereocenters. The van der Waals surface area contributed by atoms with Crippen LogP contribution >= 0.6 is 0 Å². The van der Waals surface area contributed by atoms with Crippen molar-refractivity contribution in [2.75, 3.05) is 25.0 Å². The summed E-state index contributed by atoms with van der Waals surface area (Å²) in [5.41, 5.74) is -4.71. The van der Waals surface area contributed by atoms with E-state index in [0.717, 1.165) is 0 Å². The van der Waals surface area contributed by atoms with Crippen molar-refractivity contribution in [3.63, 3.8) is 0 Å². The van der Waals surface area contributed by atoms with E-state index < -0.39 is 20.5 Å². The van der Waals surface area contributed by atoms with Gasteiger partial charge in [0, 0.05) is 49.2 Å². The number of nitrogens with zero attached hydrogens (tertiary/aromatic N) is 3. The molecule has 12 heteroatoms. The van der Waals surface area contributed by atoms with Gasteiger partial charge in [0.2, 0.25) is 0 Å². The van der Waals surface area contributed by atoms with Crippen molar-refractivity contribution in [2.45, 2.75) is 18.3 Å². The zero-order valence-electron chi connectivity index (χ0n) is 14.5. The Morgan fingerprint density at radius 1 is 1.21 bits per heavy atom. The van der Waals surface area contributed by atoms with Crippen molar-refractivity contribution in [3.05, 3.63) is 40.7 Å². The Balaban J connectivity index is 1.67. The van der Waals surface area contributed by atoms with E-state index in [-0.39, 0.29) is 37.5 Å². The molecule has 0 spiro atoms. The molecule has 0 saturated carbocycles. The van der Waals surface area contributed by atoms with Crippen LogP contribution in [-0.4, -0.2) is 47.8 Å². The van der Waals surface area contributed by atoms with Gasteiger partial charge in [0.05, 0.1) is 10.3 Å². The molecular weight excluding hydrogens is 401 g/mol. The fraction of sp³-hybridized carbons (Fsp3) is 0.438. The lowest BCUT2D eigenvalue weighted by molar-refractivity contribution is -0.383. The second-order valence-electron chi connectivity index (χ2n) is 6.48. The first-order valence-electron chi connectivity index (χ1n) is 8.42. The van der Waals surface area contributed by atoms with Crippen LogP contribution in [0.25, 0.3) is 10.8 Å². The van der Waals surface area contributed by atoms with Crippen LogP contribution in [0.1, 0.15) is 12.8 Å². The lowest BCUT2D eigenvalue weighted by Gasteiger charge is -2.31. The van der Waals surface area contributed by atoms with Gasteiger partial charge < -0.3 is 5.32 Å². The molecule has 1 aromatic carbocycles. The molecule has 1 aromatic heterocycles. The van der Waals surface area contributed by atoms with E-state index >= 15 is 0 Å². The number of sulfonamides is 1. The Kier molecular flexibility index (Phi) is 5.44. The van der Waals surface area contributed by atoms with Crippen molar-refractivity contribution >= 4 is 32.2 Å². The summed E-state index contributed by atoms with van der Waals surface area (Å²) in [6, 6.07) is 4.58. The summed E-state index contributed by atoms with van der Waals surface area (Å²) in [5.74, 6) is -0.0215. The van der Waals surface area contributed by atoms with E-state index in [2.05, 4.69) is 10.3 Å². The molecule has 0 radical (unpaired) electrons. The third kappa shape index (κ3) is 3.87. The van der Waals surface area contributed by atoms with Crippen molar-refractivity contribution in [1.29, 1.82) is 0 Å². The average Bonchev–Trinajstić information content (AvgIpc) is 2.65. The molecule has 0 bridgehead atoms. The predicted octanol–water partition coefficient (Wildman–Crippen LogP) is 3.12. The third-order valence-electron chi connectivity index (χ3n) is 4.78. The van der Waals surface area contributed by atoms with E-state index in [0.29, 0.717) is 27.3 Å². The van der Waals surface area contributed by atoms with Crippen LogP contribution in [0.2, 0.25) is 0 Å². The highest BCUT2D eigenvalue weighted by Crippen LogP contribution is 2.32. The van der Waals surface area contributed by atoms with Crippen LogP contribution in [0.5, 0.6) is 0 Å². The summed E-state index contributed by atoms with van der Waals surface area (Å²) in [4.78, 5) is 14.6. The Morgan fingerprint density at radius 3 is 2.50 bits per heavy atom. The van der Waals surface area contributed by atoms with Gasteiger partial charge in [0.1, 0.15) is 0 Å². The molecule has 28 heavy (non-hydrogen) atoms. The molecule has 152 valence electrons. The molecule has 2 aromatic rings. The summed E-state index contributed by atoms with van der Waals surface area (Å²) in [5, 5.41) is 15.3. The van der Waals surface area contributed by atoms with Gasteiger partial charge in [0.25, 0.3) is 5.69 Å². The molecule has 1 saturated heterocycles. The van der Waals surface area contributed by atoms with Crippen molar-refractivity contribution in [3.8, 4) is 0 Å². The summed E-state index contributed by atoms with van der Waals surface area (Å²) >= 11 is 0. The van der Waals surface area contributed by atoms with Crippen LogP contribution in [0, 0.1) is 16.0 Å². The van der Waals surface area contributed by atoms with E-state index in [9.17, 15) is 31.7 Å². The first-order chi connectivity index (χ1) is 13.1. The number of rotatable bonds is 5. The Hall–Kier alpha value is -2.47. The number of piperidine rings is 1. The fourth-order valence-electron chi connectivity index (χ4n) is 3.24. The lowest BCUT2D eigenvalue weighted by Crippen LogP contribution is -2.45. The highest BCUT2D eigenvalue weighted by Gasteiger charge is 2.50. The van der Waals surface area contributed by atoms with Gasteiger partial charge in [-0.3, -0.25) is 15.1 Å². The molecule has 2 heterocycles. The molecule has 1 fully saturated rings. The van der Waals surface area contributed by atoms with E-state index in [1.807, 2.05) is 0 Å². The van der Waals surface area contributed by atoms with Crippen LogP contribution in [0.3, 0.4) is 0 Å². The molecule has 0 amide bonds. The van der Waals surface area contributed by atoms with Crippen molar-refractivity contribution in [2.24, 2.45) is 5.92 Å². The molecule has 1 N–H and O–H groups in total. The summed E-state index contributed by atoms with van der Waals surface area (Å²) < 4.78 is 61.3. The Morgan fingerprint density at radius 2 is 1.89 bits per heavy atom. The number of halogens is 3. The van der Waals surface area contributed by atoms with Crippen LogP contribution in [0.4, 0.5) is 24.5 Å². The molecule has 3 rings (SSSR count). The topological polar surface area (TPSA) is 105 Å². The van der Waals surface area contributed by atoms with Crippen molar-refractivity contribution in [1.82, 2.24) is 9.29 Å². The molecule has 0 aliphatic carbocycles. The number of hydrogen-bond donors (Lipinski definition) is 1. The predicted molar refractivity (Wildman–Crippen MR) is 96.2 cm³/mol. The van der Waals surface area contributed by atoms with Crippen LogP contribution < -0.4 is 5.32 Å². The number of pyridine rings is 1. The number of nitrogens with one attached hydrogen (secondary N) is 1. The van der Waals surface area contributed by atoms with E-state index in [1.54, 1.807) is 12.1 Å². The van der Waals surface area contributed by atoms with Crippen LogP contribution in [-0.2, 0) is 10.0 Å². The largest absolute Gasteiger partial charge is 0.511 e. The minimum absolute atomic E-state index is 0.0215. The third-order valence-corrected chi connectivity index (χ3v) is 6.41. The lowest BCUT2D eigenvalue weighted by atomic mass is 9.98. The maximum Gasteiger partial charge on any atom is 0.511 e. The minimum atomic E-state index is -5.29. The quantitative estimate of drug-likeness (QED) is 0.591. The van der Waals surface area contributed by atoms with Crippen LogP contribution in [0.15, 0.2) is 30.6 Å². The van der Waals surface area contributed by atoms with Gasteiger partial charge in [-0.15, -0.1) is 0 Å². The molecule has 0 unspecified atom stereocenters. The first kappa shape index (κ1) is 20.3. The molecular formula is C16H17F3N4O4S. The van der Waals surface area contributed by atoms with Gasteiger partial charge in [-0.2, -0.15) is 17.5 Å². The number of fused-ring (bicyclic) bond motifs is 1. The summed E-state index contributed by atoms with van der Waals surface area (Å²) in [7, 11) is -5.29. The number of anilines is 1. The number of nitro groups is 1. The van der Waals surface area contributed by atoms with Gasteiger partial charge in [-0.1, -0.05) is 0 Å². The van der Waals surface area contributed by atoms with E-state index in [1.165, 1.54) is 18.5 Å². The highest BCUT2D eigenvalue weighted by molar-refractivity contribution is 7.90. The first-order valence-corrected chi connectivity index (χ1v) is 9.86. The average molecular weight is 418 g/mol. The number of nitro benzene ring substituents is 1. The zero-order valence-corrected chi connectivity index (χ0v) is 15.3. The van der Waals surface area contributed by atoms with E-state index in [4.69, 9.17) is 0 Å². The zero-order chi connectivity index (χ0) is 20.5. The Labute approximate surface area is 158 Å². The van der Waals surface area contributed by atoms with Gasteiger partial charge in [0.15, 0.2) is 0 Å². The smallest absolute Gasteiger partial charge is 0.384 e. The SMILES string of the molecule is O=[N+]([O-])c1ccc(NCC2CCN(S(=O)(=O)C(F)(F)F)CC2)c2ccncc12. The standard InChI is InChI=1S/C16H17F3N4O4S/c17-16(18,19)28(26,27)22-7-4-11(5-8-22)9-21-14-1-2-15(23(24)25)13-10-20-6-3-12(13)14/h1-3,6,10-11,21H,4-5,7-9H2. The minimum Gasteiger partial charge on any atom is -0.384 e. The molecule has 8 nitrogen and oxygen atoms in total. The second kappa shape index (κ2) is 7.51. The number of benzene rings is 1.